The van der Waals surface area contributed by atoms with E-state index in [4.69, 9.17) is 5.73 Å². The normalized spacial score (nSPS) is 26.1. The lowest BCUT2D eigenvalue weighted by molar-refractivity contribution is -0.0498. The minimum Gasteiger partial charge on any atom is -0.432 e. The first kappa shape index (κ1) is 14.3. The van der Waals surface area contributed by atoms with Crippen molar-refractivity contribution in [2.24, 2.45) is 0 Å². The highest BCUT2D eigenvalue weighted by Gasteiger charge is 2.38. The number of anilines is 2. The third-order valence-corrected chi connectivity index (χ3v) is 3.49. The Morgan fingerprint density at radius 2 is 2.16 bits per heavy atom. The number of rotatable bonds is 4. The van der Waals surface area contributed by atoms with Gasteiger partial charge in [0.05, 0.1) is 11.3 Å². The summed E-state index contributed by atoms with van der Waals surface area (Å²) in [7, 11) is 0. The molecule has 1 aliphatic carbocycles. The summed E-state index contributed by atoms with van der Waals surface area (Å²) in [5.41, 5.74) is 5.76. The van der Waals surface area contributed by atoms with E-state index in [9.17, 15) is 13.9 Å². The van der Waals surface area contributed by atoms with Crippen molar-refractivity contribution in [3.8, 4) is 5.75 Å². The van der Waals surface area contributed by atoms with Gasteiger partial charge in [-0.25, -0.2) is 0 Å². The Labute approximate surface area is 118 Å². The molecule has 0 radical (unpaired) electrons. The van der Waals surface area contributed by atoms with Crippen LogP contribution in [-0.2, 0) is 0 Å². The van der Waals surface area contributed by atoms with Crippen LogP contribution in [0, 0.1) is 0 Å². The van der Waals surface area contributed by atoms with Gasteiger partial charge in [-0.1, -0.05) is 15.9 Å². The molecule has 19 heavy (non-hydrogen) atoms. The molecule has 1 aromatic carbocycles. The van der Waals surface area contributed by atoms with E-state index in [1.54, 1.807) is 13.0 Å². The molecule has 0 saturated heterocycles. The second kappa shape index (κ2) is 5.13. The molecule has 1 aromatic rings. The zero-order valence-corrected chi connectivity index (χ0v) is 11.9. The molecule has 4 N–H and O–H groups in total. The minimum atomic E-state index is -2.92. The molecule has 7 heteroatoms. The predicted octanol–water partition coefficient (Wildman–Crippen LogP) is 2.96. The summed E-state index contributed by atoms with van der Waals surface area (Å²) >= 11 is 3.18. The summed E-state index contributed by atoms with van der Waals surface area (Å²) in [5, 5.41) is 12.7. The molecule has 0 unspecified atom stereocenters. The Bertz CT molecular complexity index is 475. The number of hydrogen-bond donors (Lipinski definition) is 3. The van der Waals surface area contributed by atoms with Crippen LogP contribution in [0.1, 0.15) is 19.8 Å². The summed E-state index contributed by atoms with van der Waals surface area (Å²) in [5.74, 6) is -0.00609. The Balaban J connectivity index is 2.18. The number of ether oxygens (including phenoxy) is 1. The van der Waals surface area contributed by atoms with Crippen LogP contribution in [0.25, 0.3) is 0 Å². The zero-order chi connectivity index (χ0) is 14.2. The number of benzene rings is 1. The van der Waals surface area contributed by atoms with Gasteiger partial charge < -0.3 is 20.9 Å². The maximum absolute atomic E-state index is 12.4. The molecule has 0 bridgehead atoms. The Morgan fingerprint density at radius 3 is 2.68 bits per heavy atom. The van der Waals surface area contributed by atoms with E-state index in [0.29, 0.717) is 28.7 Å². The quantitative estimate of drug-likeness (QED) is 0.739. The standard InChI is InChI=1S/C12H15BrF2N2O2/c1-12(18)4-7(5-12)17-10-8(16)2-6(13)3-9(10)19-11(14)15/h2-3,7,11,17-18H,4-5,16H2,1H3/t7-,12+. The molecular weight excluding hydrogens is 322 g/mol. The highest BCUT2D eigenvalue weighted by Crippen LogP contribution is 2.40. The highest BCUT2D eigenvalue weighted by molar-refractivity contribution is 9.10. The molecule has 0 amide bonds. The summed E-state index contributed by atoms with van der Waals surface area (Å²) in [6, 6.07) is 3.04. The van der Waals surface area contributed by atoms with Crippen LogP contribution < -0.4 is 15.8 Å². The summed E-state index contributed by atoms with van der Waals surface area (Å²) in [4.78, 5) is 0. The van der Waals surface area contributed by atoms with Crippen molar-refractivity contribution >= 4 is 27.3 Å². The van der Waals surface area contributed by atoms with Crippen molar-refractivity contribution in [3.63, 3.8) is 0 Å². The van der Waals surface area contributed by atoms with Gasteiger partial charge in [-0.05, 0) is 31.9 Å². The lowest BCUT2D eigenvalue weighted by Crippen LogP contribution is -2.48. The topological polar surface area (TPSA) is 67.5 Å². The van der Waals surface area contributed by atoms with Gasteiger partial charge in [0.25, 0.3) is 0 Å². The molecule has 106 valence electrons. The predicted molar refractivity (Wildman–Crippen MR) is 72.5 cm³/mol. The van der Waals surface area contributed by atoms with Crippen molar-refractivity contribution < 1.29 is 18.6 Å². The van der Waals surface area contributed by atoms with Crippen LogP contribution in [0.2, 0.25) is 0 Å². The molecule has 1 fully saturated rings. The first-order valence-corrected chi connectivity index (χ1v) is 6.59. The number of nitrogens with two attached hydrogens (primary N) is 1. The Hall–Kier alpha value is -1.08. The molecule has 0 atom stereocenters. The number of nitrogen functional groups attached to an aromatic ring is 1. The monoisotopic (exact) mass is 336 g/mol. The molecule has 1 saturated carbocycles. The highest BCUT2D eigenvalue weighted by atomic mass is 79.9. The van der Waals surface area contributed by atoms with Crippen LogP contribution in [0.5, 0.6) is 5.75 Å². The van der Waals surface area contributed by atoms with Crippen molar-refractivity contribution in [3.05, 3.63) is 16.6 Å². The van der Waals surface area contributed by atoms with Gasteiger partial charge in [0.2, 0.25) is 0 Å². The summed E-state index contributed by atoms with van der Waals surface area (Å²) in [6.07, 6.45) is 1.08. The van der Waals surface area contributed by atoms with E-state index in [1.807, 2.05) is 0 Å². The first-order chi connectivity index (χ1) is 8.77. The fourth-order valence-corrected chi connectivity index (χ4v) is 2.71. The van der Waals surface area contributed by atoms with Crippen LogP contribution in [0.3, 0.4) is 0 Å². The second-order valence-electron chi connectivity index (χ2n) is 4.99. The molecule has 0 heterocycles. The molecule has 0 aromatic heterocycles. The third kappa shape index (κ3) is 3.48. The first-order valence-electron chi connectivity index (χ1n) is 5.79. The van der Waals surface area contributed by atoms with Gasteiger partial charge in [0, 0.05) is 10.5 Å². The van der Waals surface area contributed by atoms with Gasteiger partial charge in [0.1, 0.15) is 5.69 Å². The maximum atomic E-state index is 12.4. The molecular formula is C12H15BrF2N2O2. The van der Waals surface area contributed by atoms with Crippen LogP contribution in [0.15, 0.2) is 16.6 Å². The van der Waals surface area contributed by atoms with Crippen LogP contribution in [0.4, 0.5) is 20.2 Å². The number of nitrogens with one attached hydrogen (secondary N) is 1. The largest absolute Gasteiger partial charge is 0.432 e. The van der Waals surface area contributed by atoms with Crippen molar-refractivity contribution in [2.75, 3.05) is 11.1 Å². The lowest BCUT2D eigenvalue weighted by Gasteiger charge is -2.42. The van der Waals surface area contributed by atoms with Crippen LogP contribution >= 0.6 is 15.9 Å². The summed E-state index contributed by atoms with van der Waals surface area (Å²) < 4.78 is 29.8. The summed E-state index contributed by atoms with van der Waals surface area (Å²) in [6.45, 7) is -1.19. The minimum absolute atomic E-state index is 0.00139. The van der Waals surface area contributed by atoms with Gasteiger partial charge in [-0.15, -0.1) is 0 Å². The van der Waals surface area contributed by atoms with E-state index in [-0.39, 0.29) is 11.8 Å². The average molecular weight is 337 g/mol. The van der Waals surface area contributed by atoms with E-state index in [1.165, 1.54) is 6.07 Å². The van der Waals surface area contributed by atoms with E-state index >= 15 is 0 Å². The second-order valence-corrected chi connectivity index (χ2v) is 5.91. The number of halogens is 3. The maximum Gasteiger partial charge on any atom is 0.387 e. The third-order valence-electron chi connectivity index (χ3n) is 3.03. The fourth-order valence-electron chi connectivity index (χ4n) is 2.25. The molecule has 1 aliphatic rings. The van der Waals surface area contributed by atoms with Gasteiger partial charge in [-0.3, -0.25) is 0 Å². The fraction of sp³-hybridized carbons (Fsp3) is 0.500. The van der Waals surface area contributed by atoms with E-state index in [2.05, 4.69) is 26.0 Å². The smallest absolute Gasteiger partial charge is 0.387 e. The van der Waals surface area contributed by atoms with Crippen LogP contribution in [-0.4, -0.2) is 23.4 Å². The molecule has 2 rings (SSSR count). The zero-order valence-electron chi connectivity index (χ0n) is 10.3. The van der Waals surface area contributed by atoms with Gasteiger partial charge in [-0.2, -0.15) is 8.78 Å². The number of hydrogen-bond acceptors (Lipinski definition) is 4. The Kier molecular flexibility index (Phi) is 3.87. The average Bonchev–Trinajstić information content (AvgIpc) is 2.19. The van der Waals surface area contributed by atoms with Crippen molar-refractivity contribution in [1.82, 2.24) is 0 Å². The SMILES string of the molecule is C[C@]1(O)C[C@@H](Nc2c(N)cc(Br)cc2OC(F)F)C1. The van der Waals surface area contributed by atoms with Crippen molar-refractivity contribution in [2.45, 2.75) is 38.0 Å². The molecule has 0 aliphatic heterocycles. The van der Waals surface area contributed by atoms with Gasteiger partial charge in [0.15, 0.2) is 5.75 Å². The molecule has 0 spiro atoms. The Morgan fingerprint density at radius 1 is 1.53 bits per heavy atom. The number of aliphatic hydroxyl groups is 1. The van der Waals surface area contributed by atoms with E-state index in [0.717, 1.165) is 0 Å². The van der Waals surface area contributed by atoms with Crippen molar-refractivity contribution in [1.29, 1.82) is 0 Å². The van der Waals surface area contributed by atoms with E-state index < -0.39 is 12.2 Å². The van der Waals surface area contributed by atoms with Gasteiger partial charge >= 0.3 is 6.61 Å². The molecule has 4 nitrogen and oxygen atoms in total. The number of alkyl halides is 2. The lowest BCUT2D eigenvalue weighted by atomic mass is 9.77.